The van der Waals surface area contributed by atoms with Crippen LogP contribution >= 0.6 is 11.6 Å². The number of nitrogens with one attached hydrogen (secondary N) is 1. The fourth-order valence-electron chi connectivity index (χ4n) is 1.89. The Bertz CT molecular complexity index is 320. The highest BCUT2D eigenvalue weighted by atomic mass is 35.5. The monoisotopic (exact) mass is 225 g/mol. The third-order valence-electron chi connectivity index (χ3n) is 2.92. The van der Waals surface area contributed by atoms with Crippen molar-refractivity contribution in [2.45, 2.75) is 38.6 Å². The van der Waals surface area contributed by atoms with Crippen LogP contribution in [-0.4, -0.2) is 13.1 Å². The quantitative estimate of drug-likeness (QED) is 0.826. The van der Waals surface area contributed by atoms with Crippen molar-refractivity contribution in [3.63, 3.8) is 0 Å². The summed E-state index contributed by atoms with van der Waals surface area (Å²) < 4.78 is 0. The molecule has 1 atom stereocenters. The van der Waals surface area contributed by atoms with Crippen LogP contribution in [0.15, 0.2) is 24.3 Å². The summed E-state index contributed by atoms with van der Waals surface area (Å²) >= 11 is 6.01. The van der Waals surface area contributed by atoms with Crippen LogP contribution < -0.4 is 5.32 Å². The van der Waals surface area contributed by atoms with Crippen LogP contribution in [0, 0.1) is 0 Å². The van der Waals surface area contributed by atoms with Gasteiger partial charge in [-0.25, -0.2) is 0 Å². The highest BCUT2D eigenvalue weighted by molar-refractivity contribution is 6.30. The molecule has 0 saturated heterocycles. The van der Waals surface area contributed by atoms with Crippen molar-refractivity contribution in [2.24, 2.45) is 0 Å². The molecule has 1 aromatic rings. The van der Waals surface area contributed by atoms with Gasteiger partial charge < -0.3 is 5.32 Å². The Morgan fingerprint density at radius 1 is 1.40 bits per heavy atom. The van der Waals surface area contributed by atoms with E-state index in [1.807, 2.05) is 19.2 Å². The van der Waals surface area contributed by atoms with Crippen LogP contribution in [0.3, 0.4) is 0 Å². The van der Waals surface area contributed by atoms with Crippen molar-refractivity contribution in [3.8, 4) is 0 Å². The first kappa shape index (κ1) is 12.5. The first-order valence-corrected chi connectivity index (χ1v) is 5.77. The van der Waals surface area contributed by atoms with Crippen LogP contribution in [0.4, 0.5) is 0 Å². The molecular formula is C13H20ClN. The molecule has 1 nitrogen and oxygen atoms in total. The van der Waals surface area contributed by atoms with E-state index in [0.717, 1.165) is 11.4 Å². The number of rotatable bonds is 4. The molecule has 15 heavy (non-hydrogen) atoms. The summed E-state index contributed by atoms with van der Waals surface area (Å²) in [5.74, 6) is 0. The lowest BCUT2D eigenvalue weighted by molar-refractivity contribution is 0.405. The van der Waals surface area contributed by atoms with E-state index in [2.05, 4.69) is 38.2 Å². The standard InChI is InChI=1S/C13H20ClN/c1-10(15-4)9-13(2,3)11-6-5-7-12(14)8-11/h5-8,10,15H,9H2,1-4H3. The van der Waals surface area contributed by atoms with Gasteiger partial charge in [0.1, 0.15) is 0 Å². The van der Waals surface area contributed by atoms with E-state index in [9.17, 15) is 0 Å². The minimum absolute atomic E-state index is 0.160. The summed E-state index contributed by atoms with van der Waals surface area (Å²) in [7, 11) is 2.00. The van der Waals surface area contributed by atoms with E-state index in [1.165, 1.54) is 5.56 Å². The van der Waals surface area contributed by atoms with Gasteiger partial charge in [-0.1, -0.05) is 37.6 Å². The Morgan fingerprint density at radius 3 is 2.60 bits per heavy atom. The molecule has 2 heteroatoms. The van der Waals surface area contributed by atoms with Gasteiger partial charge in [-0.15, -0.1) is 0 Å². The predicted octanol–water partition coefficient (Wildman–Crippen LogP) is 3.62. The second-order valence-corrected chi connectivity index (χ2v) is 5.22. The zero-order valence-electron chi connectivity index (χ0n) is 9.97. The summed E-state index contributed by atoms with van der Waals surface area (Å²) in [6, 6.07) is 8.66. The van der Waals surface area contributed by atoms with E-state index in [-0.39, 0.29) is 5.41 Å². The van der Waals surface area contributed by atoms with Gasteiger partial charge in [0, 0.05) is 11.1 Å². The molecule has 0 radical (unpaired) electrons. The average Bonchev–Trinajstić information content (AvgIpc) is 2.17. The molecule has 0 aromatic heterocycles. The normalized spacial score (nSPS) is 13.9. The number of hydrogen-bond donors (Lipinski definition) is 1. The zero-order chi connectivity index (χ0) is 11.5. The molecule has 1 N–H and O–H groups in total. The third-order valence-corrected chi connectivity index (χ3v) is 3.15. The first-order valence-electron chi connectivity index (χ1n) is 5.39. The molecule has 0 spiro atoms. The largest absolute Gasteiger partial charge is 0.317 e. The van der Waals surface area contributed by atoms with Crippen molar-refractivity contribution in [2.75, 3.05) is 7.05 Å². The van der Waals surface area contributed by atoms with Gasteiger partial charge in [0.15, 0.2) is 0 Å². The third kappa shape index (κ3) is 3.51. The number of benzene rings is 1. The van der Waals surface area contributed by atoms with Crippen LogP contribution in [0.5, 0.6) is 0 Å². The molecule has 0 fully saturated rings. The highest BCUT2D eigenvalue weighted by Crippen LogP contribution is 2.29. The summed E-state index contributed by atoms with van der Waals surface area (Å²) in [6.45, 7) is 6.71. The van der Waals surface area contributed by atoms with E-state index in [4.69, 9.17) is 11.6 Å². The molecular weight excluding hydrogens is 206 g/mol. The Labute approximate surface area is 97.8 Å². The van der Waals surface area contributed by atoms with Gasteiger partial charge in [0.05, 0.1) is 0 Å². The predicted molar refractivity (Wildman–Crippen MR) is 67.6 cm³/mol. The lowest BCUT2D eigenvalue weighted by Gasteiger charge is -2.28. The van der Waals surface area contributed by atoms with Crippen molar-refractivity contribution in [3.05, 3.63) is 34.9 Å². The lowest BCUT2D eigenvalue weighted by atomic mass is 9.79. The molecule has 0 aliphatic carbocycles. The fraction of sp³-hybridized carbons (Fsp3) is 0.538. The average molecular weight is 226 g/mol. The summed E-state index contributed by atoms with van der Waals surface area (Å²) in [4.78, 5) is 0. The van der Waals surface area contributed by atoms with Gasteiger partial charge in [-0.3, -0.25) is 0 Å². The van der Waals surface area contributed by atoms with Gasteiger partial charge in [0.2, 0.25) is 0 Å². The minimum Gasteiger partial charge on any atom is -0.317 e. The molecule has 0 aliphatic rings. The molecule has 0 saturated carbocycles. The molecule has 1 rings (SSSR count). The highest BCUT2D eigenvalue weighted by Gasteiger charge is 2.22. The van der Waals surface area contributed by atoms with Crippen LogP contribution in [0.2, 0.25) is 5.02 Å². The molecule has 1 unspecified atom stereocenters. The van der Waals surface area contributed by atoms with Gasteiger partial charge in [-0.05, 0) is 43.5 Å². The van der Waals surface area contributed by atoms with E-state index >= 15 is 0 Å². The van der Waals surface area contributed by atoms with Crippen molar-refractivity contribution in [1.82, 2.24) is 5.32 Å². The number of halogens is 1. The lowest BCUT2D eigenvalue weighted by Crippen LogP contribution is -2.30. The van der Waals surface area contributed by atoms with Gasteiger partial charge in [-0.2, -0.15) is 0 Å². The van der Waals surface area contributed by atoms with E-state index in [1.54, 1.807) is 0 Å². The summed E-state index contributed by atoms with van der Waals surface area (Å²) in [5.41, 5.74) is 1.46. The fourth-order valence-corrected chi connectivity index (χ4v) is 2.09. The SMILES string of the molecule is CNC(C)CC(C)(C)c1cccc(Cl)c1. The Morgan fingerprint density at radius 2 is 2.07 bits per heavy atom. The molecule has 0 bridgehead atoms. The second-order valence-electron chi connectivity index (χ2n) is 4.79. The summed E-state index contributed by atoms with van der Waals surface area (Å²) in [6.07, 6.45) is 1.10. The Kier molecular flexibility index (Phi) is 4.18. The second kappa shape index (κ2) is 5.00. The Hall–Kier alpha value is -0.530. The number of hydrogen-bond acceptors (Lipinski definition) is 1. The topological polar surface area (TPSA) is 12.0 Å². The van der Waals surface area contributed by atoms with Crippen molar-refractivity contribution in [1.29, 1.82) is 0 Å². The van der Waals surface area contributed by atoms with Gasteiger partial charge >= 0.3 is 0 Å². The van der Waals surface area contributed by atoms with Crippen LogP contribution in [0.25, 0.3) is 0 Å². The first-order chi connectivity index (χ1) is 6.95. The van der Waals surface area contributed by atoms with E-state index < -0.39 is 0 Å². The van der Waals surface area contributed by atoms with Crippen LogP contribution in [-0.2, 0) is 5.41 Å². The molecule has 1 aromatic carbocycles. The molecule has 0 heterocycles. The smallest absolute Gasteiger partial charge is 0.0408 e. The molecule has 84 valence electrons. The van der Waals surface area contributed by atoms with Crippen molar-refractivity contribution >= 4 is 11.6 Å². The maximum absolute atomic E-state index is 6.01. The molecule has 0 amide bonds. The minimum atomic E-state index is 0.160. The van der Waals surface area contributed by atoms with Gasteiger partial charge in [0.25, 0.3) is 0 Å². The maximum Gasteiger partial charge on any atom is 0.0408 e. The maximum atomic E-state index is 6.01. The van der Waals surface area contributed by atoms with Crippen molar-refractivity contribution < 1.29 is 0 Å². The zero-order valence-corrected chi connectivity index (χ0v) is 10.7. The van der Waals surface area contributed by atoms with Crippen LogP contribution in [0.1, 0.15) is 32.8 Å². The molecule has 0 aliphatic heterocycles. The van der Waals surface area contributed by atoms with E-state index in [0.29, 0.717) is 6.04 Å². The Balaban J connectivity index is 2.85. The summed E-state index contributed by atoms with van der Waals surface area (Å²) in [5, 5.41) is 4.09.